The highest BCUT2D eigenvalue weighted by Gasteiger charge is 2.30. The van der Waals surface area contributed by atoms with E-state index >= 15 is 0 Å². The zero-order chi connectivity index (χ0) is 66.8. The first-order valence-electron chi connectivity index (χ1n) is 36.8. The summed E-state index contributed by atoms with van der Waals surface area (Å²) in [6, 6.07) is 0. The van der Waals surface area contributed by atoms with Crippen LogP contribution < -0.4 is 0 Å². The lowest BCUT2D eigenvalue weighted by molar-refractivity contribution is -0.161. The number of hydrogen-bond donors (Lipinski definition) is 3. The minimum Gasteiger partial charge on any atom is -0.462 e. The predicted octanol–water partition coefficient (Wildman–Crippen LogP) is 20.1. The maximum Gasteiger partial charge on any atom is 0.472 e. The molecule has 0 aliphatic carbocycles. The number of rotatable bonds is 68. The Labute approximate surface area is 549 Å². The van der Waals surface area contributed by atoms with Crippen molar-refractivity contribution in [3.8, 4) is 0 Å². The Morgan fingerprint density at radius 3 is 0.789 bits per heavy atom. The van der Waals surface area contributed by atoms with Crippen LogP contribution in [0.3, 0.4) is 0 Å². The van der Waals surface area contributed by atoms with E-state index in [0.29, 0.717) is 25.7 Å². The predicted molar refractivity (Wildman–Crippen MR) is 363 cm³/mol. The van der Waals surface area contributed by atoms with Crippen molar-refractivity contribution in [1.29, 1.82) is 0 Å². The molecule has 0 fully saturated rings. The van der Waals surface area contributed by atoms with E-state index in [1.807, 2.05) is 0 Å². The molecule has 0 bridgehead atoms. The van der Waals surface area contributed by atoms with Crippen molar-refractivity contribution in [2.75, 3.05) is 39.6 Å². The van der Waals surface area contributed by atoms with Crippen molar-refractivity contribution in [2.24, 2.45) is 23.7 Å². The molecule has 0 radical (unpaired) electrons. The standard InChI is InChI=1S/C71H138O17P2/c1-9-63(7)49-41-33-25-18-15-16-19-26-35-43-51-68(73)81-57-66(87-70(75)53-45-37-27-20-14-12-11-13-17-23-31-39-47-61(3)4)59-85-89(77,78)83-55-65(72)56-84-90(79,80)86-60-67(58-82-69(74)52-44-36-30-29-34-42-50-64(8)10-2)88-71(76)54-46-38-28-22-21-24-32-40-48-62(5)6/h61-67,72H,9-60H2,1-8H3,(H,77,78)(H,79,80)/t63?,64?,65-,66-,67-/m1/s1. The number of unbranched alkanes of at least 4 members (excludes halogenated alkanes) is 32. The number of aliphatic hydroxyl groups excluding tert-OH is 1. The third-order valence-corrected chi connectivity index (χ3v) is 18.9. The van der Waals surface area contributed by atoms with Crippen LogP contribution in [0.15, 0.2) is 0 Å². The molecule has 17 nitrogen and oxygen atoms in total. The van der Waals surface area contributed by atoms with Gasteiger partial charge in [-0.25, -0.2) is 9.13 Å². The molecule has 0 aliphatic heterocycles. The molecule has 7 atom stereocenters. The highest BCUT2D eigenvalue weighted by atomic mass is 31.2. The van der Waals surface area contributed by atoms with Crippen LogP contribution >= 0.6 is 15.6 Å². The summed E-state index contributed by atoms with van der Waals surface area (Å²) in [6.45, 7) is 14.1. The number of aliphatic hydroxyl groups is 1. The van der Waals surface area contributed by atoms with Crippen LogP contribution in [0.25, 0.3) is 0 Å². The van der Waals surface area contributed by atoms with Crippen molar-refractivity contribution in [2.45, 2.75) is 369 Å². The van der Waals surface area contributed by atoms with E-state index in [-0.39, 0.29) is 25.7 Å². The molecule has 534 valence electrons. The van der Waals surface area contributed by atoms with Gasteiger partial charge in [0.2, 0.25) is 0 Å². The molecule has 4 unspecified atom stereocenters. The number of phosphoric acid groups is 2. The molecule has 0 amide bonds. The van der Waals surface area contributed by atoms with Crippen LogP contribution in [0.1, 0.15) is 351 Å². The van der Waals surface area contributed by atoms with Gasteiger partial charge in [0.1, 0.15) is 19.3 Å². The summed E-state index contributed by atoms with van der Waals surface area (Å²) in [5.74, 6) is 0.906. The molecule has 0 aromatic carbocycles. The molecule has 0 aromatic heterocycles. The number of phosphoric ester groups is 2. The summed E-state index contributed by atoms with van der Waals surface area (Å²) in [4.78, 5) is 72.6. The van der Waals surface area contributed by atoms with Crippen LogP contribution in [0.2, 0.25) is 0 Å². The third-order valence-electron chi connectivity index (χ3n) is 17.0. The first-order chi connectivity index (χ1) is 43.2. The second-order valence-corrected chi connectivity index (χ2v) is 30.0. The summed E-state index contributed by atoms with van der Waals surface area (Å²) in [5, 5.41) is 10.6. The summed E-state index contributed by atoms with van der Waals surface area (Å²) in [7, 11) is -9.90. The topological polar surface area (TPSA) is 237 Å². The zero-order valence-corrected chi connectivity index (χ0v) is 60.6. The van der Waals surface area contributed by atoms with Crippen molar-refractivity contribution < 1.29 is 80.2 Å². The Morgan fingerprint density at radius 2 is 0.533 bits per heavy atom. The molecular weight excluding hydrogens is 1190 g/mol. The van der Waals surface area contributed by atoms with Crippen LogP contribution in [-0.2, 0) is 65.4 Å². The fourth-order valence-corrected chi connectivity index (χ4v) is 12.2. The SMILES string of the molecule is CCC(C)CCCCCCCCCCCCC(=O)OC[C@H](COP(=O)(O)OC[C@@H](O)COP(=O)(O)OC[C@@H](COC(=O)CCCCCCCCC(C)CC)OC(=O)CCCCCCCCCCC(C)C)OC(=O)CCCCCCCCCCCCCCC(C)C. The maximum absolute atomic E-state index is 13.0. The van der Waals surface area contributed by atoms with Crippen LogP contribution in [0.5, 0.6) is 0 Å². The van der Waals surface area contributed by atoms with Gasteiger partial charge in [0, 0.05) is 25.7 Å². The largest absolute Gasteiger partial charge is 0.472 e. The minimum atomic E-state index is -4.95. The fourth-order valence-electron chi connectivity index (χ4n) is 10.6. The molecule has 0 saturated carbocycles. The normalized spacial score (nSPS) is 14.9. The van der Waals surface area contributed by atoms with Crippen molar-refractivity contribution in [3.05, 3.63) is 0 Å². The quantitative estimate of drug-likeness (QED) is 0.0222. The van der Waals surface area contributed by atoms with Crippen molar-refractivity contribution >= 4 is 39.5 Å². The van der Waals surface area contributed by atoms with Gasteiger partial charge in [0.25, 0.3) is 0 Å². The Kier molecular flexibility index (Phi) is 59.4. The fraction of sp³-hybridized carbons (Fsp3) is 0.944. The van der Waals surface area contributed by atoms with Gasteiger partial charge in [-0.15, -0.1) is 0 Å². The van der Waals surface area contributed by atoms with E-state index in [1.54, 1.807) is 0 Å². The second kappa shape index (κ2) is 60.7. The Balaban J connectivity index is 5.27. The zero-order valence-electron chi connectivity index (χ0n) is 58.8. The molecule has 3 N–H and O–H groups in total. The molecular formula is C71H138O17P2. The van der Waals surface area contributed by atoms with Crippen LogP contribution in [0.4, 0.5) is 0 Å². The summed E-state index contributed by atoms with van der Waals surface area (Å²) in [5.41, 5.74) is 0. The summed E-state index contributed by atoms with van der Waals surface area (Å²) < 4.78 is 68.3. The minimum absolute atomic E-state index is 0.103. The Bertz CT molecular complexity index is 1790. The second-order valence-electron chi connectivity index (χ2n) is 27.1. The highest BCUT2D eigenvalue weighted by Crippen LogP contribution is 2.45. The lowest BCUT2D eigenvalue weighted by Gasteiger charge is -2.21. The molecule has 0 aromatic rings. The van der Waals surface area contributed by atoms with Gasteiger partial charge >= 0.3 is 39.5 Å². The molecule has 90 heavy (non-hydrogen) atoms. The van der Waals surface area contributed by atoms with Gasteiger partial charge in [-0.2, -0.15) is 0 Å². The number of carbonyl (C=O) groups excluding carboxylic acids is 4. The number of ether oxygens (including phenoxy) is 4. The average molecular weight is 1330 g/mol. The molecule has 0 aliphatic rings. The molecule has 0 heterocycles. The monoisotopic (exact) mass is 1320 g/mol. The van der Waals surface area contributed by atoms with Gasteiger partial charge in [-0.3, -0.25) is 37.3 Å². The summed E-state index contributed by atoms with van der Waals surface area (Å²) >= 11 is 0. The van der Waals surface area contributed by atoms with Crippen molar-refractivity contribution in [1.82, 2.24) is 0 Å². The van der Waals surface area contributed by atoms with Crippen LogP contribution in [0, 0.1) is 23.7 Å². The number of hydrogen-bond acceptors (Lipinski definition) is 15. The van der Waals surface area contributed by atoms with Gasteiger partial charge in [0.15, 0.2) is 12.2 Å². The third kappa shape index (κ3) is 62.2. The summed E-state index contributed by atoms with van der Waals surface area (Å²) in [6.07, 6.45) is 43.0. The highest BCUT2D eigenvalue weighted by molar-refractivity contribution is 7.47. The average Bonchev–Trinajstić information content (AvgIpc) is 3.60. The van der Waals surface area contributed by atoms with Gasteiger partial charge in [-0.05, 0) is 49.4 Å². The molecule has 19 heteroatoms. The number of esters is 4. The van der Waals surface area contributed by atoms with E-state index in [4.69, 9.17) is 37.0 Å². The Morgan fingerprint density at radius 1 is 0.311 bits per heavy atom. The van der Waals surface area contributed by atoms with Gasteiger partial charge in [0.05, 0.1) is 26.4 Å². The molecule has 0 rings (SSSR count). The lowest BCUT2D eigenvalue weighted by Crippen LogP contribution is -2.30. The van der Waals surface area contributed by atoms with E-state index in [1.165, 1.54) is 148 Å². The lowest BCUT2D eigenvalue weighted by atomic mass is 9.99. The first-order valence-corrected chi connectivity index (χ1v) is 39.8. The van der Waals surface area contributed by atoms with E-state index in [9.17, 15) is 43.2 Å². The van der Waals surface area contributed by atoms with Crippen LogP contribution in [-0.4, -0.2) is 96.7 Å². The number of carbonyl (C=O) groups is 4. The van der Waals surface area contributed by atoms with Gasteiger partial charge in [-0.1, -0.05) is 299 Å². The van der Waals surface area contributed by atoms with Crippen molar-refractivity contribution in [3.63, 3.8) is 0 Å². The van der Waals surface area contributed by atoms with E-state index in [0.717, 1.165) is 120 Å². The van der Waals surface area contributed by atoms with E-state index in [2.05, 4.69) is 55.4 Å². The molecule has 0 spiro atoms. The first kappa shape index (κ1) is 88.1. The molecule has 0 saturated heterocycles. The van der Waals surface area contributed by atoms with Gasteiger partial charge < -0.3 is 33.8 Å². The van der Waals surface area contributed by atoms with E-state index < -0.39 is 97.5 Å². The Hall–Kier alpha value is -1.94. The maximum atomic E-state index is 13.0. The smallest absolute Gasteiger partial charge is 0.462 e.